The van der Waals surface area contributed by atoms with Crippen LogP contribution >= 0.6 is 12.2 Å². The lowest BCUT2D eigenvalue weighted by molar-refractivity contribution is 0.355. The number of ether oxygens (including phenoxy) is 2. The lowest BCUT2D eigenvalue weighted by Gasteiger charge is -2.15. The molecule has 2 aromatic rings. The maximum atomic E-state index is 5.34. The van der Waals surface area contributed by atoms with Crippen molar-refractivity contribution in [2.75, 3.05) is 21.3 Å². The lowest BCUT2D eigenvalue weighted by atomic mass is 10.2. The third kappa shape index (κ3) is 4.96. The summed E-state index contributed by atoms with van der Waals surface area (Å²) in [6, 6.07) is 15.7. The Bertz CT molecular complexity index is 705. The molecule has 0 atom stereocenters. The van der Waals surface area contributed by atoms with E-state index in [4.69, 9.17) is 21.7 Å². The molecule has 1 N–H and O–H groups in total. The van der Waals surface area contributed by atoms with Crippen molar-refractivity contribution in [1.29, 1.82) is 0 Å². The Hall–Kier alpha value is -2.60. The Kier molecular flexibility index (Phi) is 6.57. The molecule has 6 heteroatoms. The molecular weight excluding hydrogens is 322 g/mol. The van der Waals surface area contributed by atoms with E-state index in [9.17, 15) is 0 Å². The van der Waals surface area contributed by atoms with E-state index in [2.05, 4.69) is 10.4 Å². The standard InChI is InChI=1S/C18H21N3O2S/c1-21(18(24)19-12-14-7-5-4-6-8-14)20-13-15-9-10-16(22-2)17(11-15)23-3/h4-11,13H,12H2,1-3H3,(H,19,24)/b20-13-. The molecule has 0 fully saturated rings. The highest BCUT2D eigenvalue weighted by molar-refractivity contribution is 7.80. The van der Waals surface area contributed by atoms with Gasteiger partial charge in [0.05, 0.1) is 20.4 Å². The van der Waals surface area contributed by atoms with Crippen LogP contribution in [0, 0.1) is 0 Å². The Morgan fingerprint density at radius 3 is 2.50 bits per heavy atom. The zero-order valence-electron chi connectivity index (χ0n) is 14.0. The number of hydrazone groups is 1. The van der Waals surface area contributed by atoms with E-state index in [1.165, 1.54) is 0 Å². The zero-order chi connectivity index (χ0) is 17.4. The maximum Gasteiger partial charge on any atom is 0.189 e. The second kappa shape index (κ2) is 8.88. The fraction of sp³-hybridized carbons (Fsp3) is 0.222. The molecule has 0 amide bonds. The van der Waals surface area contributed by atoms with Crippen molar-refractivity contribution in [3.63, 3.8) is 0 Å². The molecule has 0 aromatic heterocycles. The summed E-state index contributed by atoms with van der Waals surface area (Å²) in [4.78, 5) is 0. The normalized spacial score (nSPS) is 10.5. The summed E-state index contributed by atoms with van der Waals surface area (Å²) in [7, 11) is 5.02. The van der Waals surface area contributed by atoms with Gasteiger partial charge in [-0.3, -0.25) is 0 Å². The fourth-order valence-corrected chi connectivity index (χ4v) is 2.15. The Morgan fingerprint density at radius 2 is 1.83 bits per heavy atom. The number of thiocarbonyl (C=S) groups is 1. The summed E-state index contributed by atoms with van der Waals surface area (Å²) in [5.74, 6) is 1.34. The van der Waals surface area contributed by atoms with E-state index in [0.29, 0.717) is 23.2 Å². The molecule has 0 heterocycles. The second-order valence-corrected chi connectivity index (χ2v) is 5.41. The first kappa shape index (κ1) is 17.7. The molecule has 126 valence electrons. The largest absolute Gasteiger partial charge is 0.493 e. The molecular formula is C18H21N3O2S. The van der Waals surface area contributed by atoms with Crippen LogP contribution < -0.4 is 14.8 Å². The van der Waals surface area contributed by atoms with Crippen LogP contribution in [0.5, 0.6) is 11.5 Å². The van der Waals surface area contributed by atoms with Gasteiger partial charge >= 0.3 is 0 Å². The minimum absolute atomic E-state index is 0.551. The highest BCUT2D eigenvalue weighted by atomic mass is 32.1. The van der Waals surface area contributed by atoms with Crippen LogP contribution in [-0.4, -0.2) is 37.6 Å². The van der Waals surface area contributed by atoms with E-state index in [0.717, 1.165) is 11.1 Å². The summed E-state index contributed by atoms with van der Waals surface area (Å²) in [6.07, 6.45) is 1.72. The molecule has 0 bridgehead atoms. The van der Waals surface area contributed by atoms with Crippen LogP contribution in [0.15, 0.2) is 53.6 Å². The van der Waals surface area contributed by atoms with Gasteiger partial charge in [-0.2, -0.15) is 5.10 Å². The molecule has 5 nitrogen and oxygen atoms in total. The van der Waals surface area contributed by atoms with Crippen LogP contribution in [0.3, 0.4) is 0 Å². The number of rotatable bonds is 6. The topological polar surface area (TPSA) is 46.1 Å². The van der Waals surface area contributed by atoms with Crippen molar-refractivity contribution in [3.05, 3.63) is 59.7 Å². The van der Waals surface area contributed by atoms with E-state index < -0.39 is 0 Å². The number of nitrogens with one attached hydrogen (secondary N) is 1. The predicted molar refractivity (Wildman–Crippen MR) is 101 cm³/mol. The monoisotopic (exact) mass is 343 g/mol. The van der Waals surface area contributed by atoms with Crippen molar-refractivity contribution in [2.45, 2.75) is 6.54 Å². The van der Waals surface area contributed by atoms with Crippen molar-refractivity contribution >= 4 is 23.5 Å². The Labute approximate surface area is 147 Å². The average molecular weight is 343 g/mol. The molecule has 0 unspecified atom stereocenters. The van der Waals surface area contributed by atoms with Crippen molar-refractivity contribution in [3.8, 4) is 11.5 Å². The maximum absolute atomic E-state index is 5.34. The molecule has 0 saturated carbocycles. The molecule has 0 aliphatic heterocycles. The third-order valence-corrected chi connectivity index (χ3v) is 3.78. The van der Waals surface area contributed by atoms with Crippen molar-refractivity contribution < 1.29 is 9.47 Å². The van der Waals surface area contributed by atoms with Crippen molar-refractivity contribution in [1.82, 2.24) is 10.3 Å². The predicted octanol–water partition coefficient (Wildman–Crippen LogP) is 3.04. The van der Waals surface area contributed by atoms with Gasteiger partial charge < -0.3 is 14.8 Å². The molecule has 0 aliphatic carbocycles. The molecule has 0 aliphatic rings. The number of nitrogens with zero attached hydrogens (tertiary/aromatic N) is 2. The lowest BCUT2D eigenvalue weighted by Crippen LogP contribution is -2.33. The first-order valence-corrected chi connectivity index (χ1v) is 7.86. The average Bonchev–Trinajstić information content (AvgIpc) is 2.64. The van der Waals surface area contributed by atoms with Gasteiger partial charge in [-0.25, -0.2) is 5.01 Å². The number of benzene rings is 2. The quantitative estimate of drug-likeness (QED) is 0.496. The zero-order valence-corrected chi connectivity index (χ0v) is 14.8. The van der Waals surface area contributed by atoms with Gasteiger partial charge in [-0.15, -0.1) is 0 Å². The van der Waals surface area contributed by atoms with Crippen molar-refractivity contribution in [2.24, 2.45) is 5.10 Å². The summed E-state index contributed by atoms with van der Waals surface area (Å²) in [5.41, 5.74) is 2.06. The Morgan fingerprint density at radius 1 is 1.12 bits per heavy atom. The van der Waals surface area contributed by atoms with Gasteiger partial charge in [-0.05, 0) is 41.5 Å². The second-order valence-electron chi connectivity index (χ2n) is 5.03. The minimum Gasteiger partial charge on any atom is -0.493 e. The van der Waals surface area contributed by atoms with Crippen LogP contribution in [0.25, 0.3) is 0 Å². The van der Waals surface area contributed by atoms with Gasteiger partial charge in [-0.1, -0.05) is 30.3 Å². The first-order chi connectivity index (χ1) is 11.6. The van der Waals surface area contributed by atoms with Gasteiger partial charge in [0.2, 0.25) is 0 Å². The fourth-order valence-electron chi connectivity index (χ4n) is 2.03. The summed E-state index contributed by atoms with van der Waals surface area (Å²) < 4.78 is 10.5. The van der Waals surface area contributed by atoms with Crippen LogP contribution in [0.4, 0.5) is 0 Å². The van der Waals surface area contributed by atoms with E-state index in [-0.39, 0.29) is 0 Å². The van der Waals surface area contributed by atoms with Crippen LogP contribution in [0.2, 0.25) is 0 Å². The highest BCUT2D eigenvalue weighted by Crippen LogP contribution is 2.26. The highest BCUT2D eigenvalue weighted by Gasteiger charge is 2.04. The van der Waals surface area contributed by atoms with Gasteiger partial charge in [0.25, 0.3) is 0 Å². The molecule has 2 rings (SSSR count). The van der Waals surface area contributed by atoms with Crippen LogP contribution in [0.1, 0.15) is 11.1 Å². The number of hydrogen-bond donors (Lipinski definition) is 1. The van der Waals surface area contributed by atoms with Gasteiger partial charge in [0.1, 0.15) is 0 Å². The minimum atomic E-state index is 0.551. The van der Waals surface area contributed by atoms with Crippen LogP contribution in [-0.2, 0) is 6.54 Å². The third-order valence-electron chi connectivity index (χ3n) is 3.37. The summed E-state index contributed by atoms with van der Waals surface area (Å²) in [5, 5.41) is 9.69. The summed E-state index contributed by atoms with van der Waals surface area (Å²) in [6.45, 7) is 0.663. The smallest absolute Gasteiger partial charge is 0.189 e. The number of methoxy groups -OCH3 is 2. The van der Waals surface area contributed by atoms with E-state index >= 15 is 0 Å². The summed E-state index contributed by atoms with van der Waals surface area (Å²) >= 11 is 5.34. The van der Waals surface area contributed by atoms with Gasteiger partial charge in [0, 0.05) is 13.6 Å². The molecule has 24 heavy (non-hydrogen) atoms. The molecule has 2 aromatic carbocycles. The number of hydrogen-bond acceptors (Lipinski definition) is 4. The molecule has 0 spiro atoms. The Balaban J connectivity index is 1.94. The van der Waals surface area contributed by atoms with Gasteiger partial charge in [0.15, 0.2) is 16.6 Å². The van der Waals surface area contributed by atoms with E-state index in [1.807, 2.05) is 48.5 Å². The molecule has 0 saturated heterocycles. The first-order valence-electron chi connectivity index (χ1n) is 7.45. The SMILES string of the molecule is COc1ccc(/C=N\N(C)C(=S)NCc2ccccc2)cc1OC. The molecule has 0 radical (unpaired) electrons. The van der Waals surface area contributed by atoms with E-state index in [1.54, 1.807) is 32.5 Å².